The van der Waals surface area contributed by atoms with E-state index in [1.54, 1.807) is 12.5 Å². The van der Waals surface area contributed by atoms with Crippen LogP contribution < -0.4 is 0 Å². The predicted octanol–water partition coefficient (Wildman–Crippen LogP) is 1.68. The second-order valence-corrected chi connectivity index (χ2v) is 5.78. The topological polar surface area (TPSA) is 68.8 Å². The number of nitrogens with zero attached hydrogens (tertiary/aromatic N) is 6. The Labute approximate surface area is 139 Å². The third kappa shape index (κ3) is 2.47. The van der Waals surface area contributed by atoms with Gasteiger partial charge in [-0.25, -0.2) is 4.98 Å². The van der Waals surface area contributed by atoms with Gasteiger partial charge in [0.05, 0.1) is 12.9 Å². The van der Waals surface area contributed by atoms with Gasteiger partial charge in [0, 0.05) is 43.2 Å². The van der Waals surface area contributed by atoms with Crippen LogP contribution in [0.4, 0.5) is 0 Å². The minimum absolute atomic E-state index is 0.0273. The molecule has 0 bridgehead atoms. The molecule has 0 saturated heterocycles. The van der Waals surface area contributed by atoms with E-state index in [4.69, 9.17) is 0 Å². The minimum Gasteiger partial charge on any atom is -0.329 e. The Bertz CT molecular complexity index is 850. The van der Waals surface area contributed by atoms with Crippen molar-refractivity contribution in [2.24, 2.45) is 0 Å². The molecule has 24 heavy (non-hydrogen) atoms. The Morgan fingerprint density at radius 1 is 1.17 bits per heavy atom. The molecule has 2 aromatic heterocycles. The molecule has 1 aromatic carbocycles. The molecule has 0 N–H and O–H groups in total. The molecular weight excluding hydrogens is 304 g/mol. The average Bonchev–Trinajstić information content (AvgIpc) is 3.30. The summed E-state index contributed by atoms with van der Waals surface area (Å²) in [5, 5.41) is 8.40. The van der Waals surface area contributed by atoms with Gasteiger partial charge in [-0.1, -0.05) is 6.92 Å². The van der Waals surface area contributed by atoms with E-state index in [0.717, 1.165) is 30.3 Å². The SMILES string of the molecule is CCc1nnc2n1CCN(C(=O)c1ccc(-n3ccnc3)cc1)C2. The molecule has 0 atom stereocenters. The molecule has 1 aliphatic heterocycles. The fourth-order valence-corrected chi connectivity index (χ4v) is 3.02. The third-order valence-corrected chi connectivity index (χ3v) is 4.35. The zero-order valence-corrected chi connectivity index (χ0v) is 13.5. The lowest BCUT2D eigenvalue weighted by Crippen LogP contribution is -2.38. The van der Waals surface area contributed by atoms with Gasteiger partial charge in [0.15, 0.2) is 5.82 Å². The molecule has 7 heteroatoms. The number of aromatic nitrogens is 5. The highest BCUT2D eigenvalue weighted by Crippen LogP contribution is 2.17. The number of imidazole rings is 1. The van der Waals surface area contributed by atoms with E-state index >= 15 is 0 Å². The number of hydrogen-bond acceptors (Lipinski definition) is 4. The van der Waals surface area contributed by atoms with Crippen molar-refractivity contribution >= 4 is 5.91 Å². The van der Waals surface area contributed by atoms with Crippen molar-refractivity contribution in [3.05, 3.63) is 60.2 Å². The summed E-state index contributed by atoms with van der Waals surface area (Å²) in [6.07, 6.45) is 6.20. The number of fused-ring (bicyclic) bond motifs is 1. The standard InChI is InChI=1S/C17H18N6O/c1-2-15-19-20-16-11-21(9-10-23(15)16)17(24)13-3-5-14(6-4-13)22-8-7-18-12-22/h3-8,12H,2,9-11H2,1H3. The molecule has 0 spiro atoms. The molecule has 122 valence electrons. The van der Waals surface area contributed by atoms with Crippen LogP contribution in [0.25, 0.3) is 5.69 Å². The Balaban J connectivity index is 1.52. The number of benzene rings is 1. The lowest BCUT2D eigenvalue weighted by Gasteiger charge is -2.28. The van der Waals surface area contributed by atoms with Crippen LogP contribution >= 0.6 is 0 Å². The molecule has 1 amide bonds. The van der Waals surface area contributed by atoms with Crippen LogP contribution in [-0.2, 0) is 19.5 Å². The first kappa shape index (κ1) is 14.6. The molecule has 7 nitrogen and oxygen atoms in total. The first-order valence-corrected chi connectivity index (χ1v) is 8.05. The lowest BCUT2D eigenvalue weighted by molar-refractivity contribution is 0.0706. The summed E-state index contributed by atoms with van der Waals surface area (Å²) < 4.78 is 4.02. The van der Waals surface area contributed by atoms with E-state index in [-0.39, 0.29) is 5.91 Å². The summed E-state index contributed by atoms with van der Waals surface area (Å²) in [4.78, 5) is 18.6. The van der Waals surface area contributed by atoms with Gasteiger partial charge in [-0.15, -0.1) is 10.2 Å². The van der Waals surface area contributed by atoms with Gasteiger partial charge in [0.25, 0.3) is 5.91 Å². The molecule has 1 aliphatic rings. The highest BCUT2D eigenvalue weighted by Gasteiger charge is 2.24. The third-order valence-electron chi connectivity index (χ3n) is 4.35. The minimum atomic E-state index is 0.0273. The van der Waals surface area contributed by atoms with E-state index in [1.165, 1.54) is 0 Å². The van der Waals surface area contributed by atoms with Crippen LogP contribution in [0.15, 0.2) is 43.0 Å². The summed E-state index contributed by atoms with van der Waals surface area (Å²) in [5.74, 6) is 1.88. The smallest absolute Gasteiger partial charge is 0.254 e. The highest BCUT2D eigenvalue weighted by atomic mass is 16.2. The average molecular weight is 322 g/mol. The maximum absolute atomic E-state index is 12.7. The van der Waals surface area contributed by atoms with Gasteiger partial charge >= 0.3 is 0 Å². The lowest BCUT2D eigenvalue weighted by atomic mass is 10.1. The molecule has 0 aliphatic carbocycles. The fourth-order valence-electron chi connectivity index (χ4n) is 3.02. The van der Waals surface area contributed by atoms with Crippen LogP contribution in [0.1, 0.15) is 28.9 Å². The van der Waals surface area contributed by atoms with Crippen LogP contribution in [-0.4, -0.2) is 41.7 Å². The Morgan fingerprint density at radius 2 is 2.00 bits per heavy atom. The fraction of sp³-hybridized carbons (Fsp3) is 0.294. The van der Waals surface area contributed by atoms with Crippen molar-refractivity contribution in [2.75, 3.05) is 6.54 Å². The summed E-state index contributed by atoms with van der Waals surface area (Å²) in [5.41, 5.74) is 1.66. The van der Waals surface area contributed by atoms with Gasteiger partial charge in [-0.2, -0.15) is 0 Å². The molecule has 0 fully saturated rings. The van der Waals surface area contributed by atoms with Crippen molar-refractivity contribution in [3.63, 3.8) is 0 Å². The van der Waals surface area contributed by atoms with Gasteiger partial charge < -0.3 is 14.0 Å². The van der Waals surface area contributed by atoms with Gasteiger partial charge in [-0.3, -0.25) is 4.79 Å². The van der Waals surface area contributed by atoms with E-state index in [9.17, 15) is 4.79 Å². The van der Waals surface area contributed by atoms with Crippen LogP contribution in [0, 0.1) is 0 Å². The van der Waals surface area contributed by atoms with Crippen LogP contribution in [0.3, 0.4) is 0 Å². The summed E-state index contributed by atoms with van der Waals surface area (Å²) in [6.45, 7) is 4.01. The number of rotatable bonds is 3. The molecular formula is C17H18N6O. The zero-order valence-electron chi connectivity index (χ0n) is 13.5. The molecule has 0 saturated carbocycles. The van der Waals surface area contributed by atoms with Crippen molar-refractivity contribution in [1.29, 1.82) is 0 Å². The van der Waals surface area contributed by atoms with E-state index in [2.05, 4.69) is 26.7 Å². The van der Waals surface area contributed by atoms with Crippen molar-refractivity contribution in [2.45, 2.75) is 26.4 Å². The molecule has 3 heterocycles. The predicted molar refractivity (Wildman–Crippen MR) is 87.7 cm³/mol. The Kier molecular flexibility index (Phi) is 3.60. The normalized spacial score (nSPS) is 13.8. The highest BCUT2D eigenvalue weighted by molar-refractivity contribution is 5.94. The summed E-state index contributed by atoms with van der Waals surface area (Å²) in [6, 6.07) is 7.57. The number of hydrogen-bond donors (Lipinski definition) is 0. The van der Waals surface area contributed by atoms with Gasteiger partial charge in [-0.05, 0) is 24.3 Å². The molecule has 0 unspecified atom stereocenters. The van der Waals surface area contributed by atoms with Gasteiger partial charge in [0.1, 0.15) is 5.82 Å². The summed E-state index contributed by atoms with van der Waals surface area (Å²) >= 11 is 0. The first-order chi connectivity index (χ1) is 11.8. The van der Waals surface area contributed by atoms with Crippen molar-refractivity contribution in [1.82, 2.24) is 29.2 Å². The number of aryl methyl sites for hydroxylation is 1. The molecule has 0 radical (unpaired) electrons. The van der Waals surface area contributed by atoms with Crippen molar-refractivity contribution < 1.29 is 4.79 Å². The Morgan fingerprint density at radius 3 is 2.71 bits per heavy atom. The monoisotopic (exact) mass is 322 g/mol. The zero-order chi connectivity index (χ0) is 16.5. The van der Waals surface area contributed by atoms with E-state index in [1.807, 2.05) is 39.9 Å². The molecule has 3 aromatic rings. The Hall–Kier alpha value is -2.96. The van der Waals surface area contributed by atoms with Crippen molar-refractivity contribution in [3.8, 4) is 5.69 Å². The number of amides is 1. The van der Waals surface area contributed by atoms with Crippen LogP contribution in [0.5, 0.6) is 0 Å². The molecule has 4 rings (SSSR count). The maximum Gasteiger partial charge on any atom is 0.254 e. The second-order valence-electron chi connectivity index (χ2n) is 5.78. The summed E-state index contributed by atoms with van der Waals surface area (Å²) in [7, 11) is 0. The van der Waals surface area contributed by atoms with Crippen LogP contribution in [0.2, 0.25) is 0 Å². The van der Waals surface area contributed by atoms with Gasteiger partial charge in [0.2, 0.25) is 0 Å². The quantitative estimate of drug-likeness (QED) is 0.736. The second kappa shape index (κ2) is 5.92. The number of carbonyl (C=O) groups excluding carboxylic acids is 1. The maximum atomic E-state index is 12.7. The first-order valence-electron chi connectivity index (χ1n) is 8.05. The largest absolute Gasteiger partial charge is 0.329 e. The number of carbonyl (C=O) groups is 1. The van der Waals surface area contributed by atoms with E-state index < -0.39 is 0 Å². The van der Waals surface area contributed by atoms with E-state index in [0.29, 0.717) is 18.7 Å².